The Morgan fingerprint density at radius 3 is 2.66 bits per heavy atom. The molecule has 3 aliphatic rings. The van der Waals surface area contributed by atoms with Gasteiger partial charge in [-0.15, -0.1) is 0 Å². The number of hydrogen-bond donors (Lipinski definition) is 0. The highest BCUT2D eigenvalue weighted by molar-refractivity contribution is 6.05. The molecule has 6 heterocycles. The minimum atomic E-state index is -3.01. The number of rotatable bonds is 6. The highest BCUT2D eigenvalue weighted by atomic mass is 19.3. The number of halogens is 2. The Labute approximate surface area is 285 Å². The molecule has 3 atom stereocenters. The normalized spacial score (nSPS) is 21.4. The van der Waals surface area contributed by atoms with E-state index in [2.05, 4.69) is 33.6 Å². The molecule has 3 aliphatic heterocycles. The molecular weight excluding hydrogens is 650 g/mol. The lowest BCUT2D eigenvalue weighted by molar-refractivity contribution is -0.519. The van der Waals surface area contributed by atoms with Crippen LogP contribution in [0.4, 0.5) is 20.3 Å². The molecule has 3 saturated heterocycles. The first-order valence-electron chi connectivity index (χ1n) is 16.3. The van der Waals surface area contributed by atoms with Gasteiger partial charge in [-0.25, -0.2) is 23.7 Å². The molecule has 0 N–H and O–H groups in total. The predicted molar refractivity (Wildman–Crippen MR) is 179 cm³/mol. The number of aromatic nitrogens is 3. The van der Waals surface area contributed by atoms with Crippen LogP contribution in [0.25, 0.3) is 22.1 Å². The number of ether oxygens (including phenoxy) is 3. The van der Waals surface area contributed by atoms with Crippen LogP contribution in [0.3, 0.4) is 0 Å². The molecule has 0 amide bonds. The number of nitrogens with zero attached hydrogens (tertiary/aromatic N) is 6. The number of anilines is 2. The van der Waals surface area contributed by atoms with Gasteiger partial charge in [0, 0.05) is 34.2 Å². The van der Waals surface area contributed by atoms with Crippen LogP contribution in [-0.2, 0) is 9.47 Å². The fourth-order valence-corrected chi connectivity index (χ4v) is 6.89. The Hall–Kier alpha value is -5.39. The van der Waals surface area contributed by atoms with Gasteiger partial charge >= 0.3 is 0 Å². The number of morpholine rings is 1. The van der Waals surface area contributed by atoms with Crippen molar-refractivity contribution in [1.29, 1.82) is 0 Å². The van der Waals surface area contributed by atoms with Gasteiger partial charge in [-0.05, 0) is 43.7 Å². The van der Waals surface area contributed by atoms with Gasteiger partial charge in [-0.3, -0.25) is 15.0 Å². The summed E-state index contributed by atoms with van der Waals surface area (Å²) in [7, 11) is 0. The third kappa shape index (κ3) is 5.52. The van der Waals surface area contributed by atoms with Crippen LogP contribution in [0.5, 0.6) is 5.88 Å². The number of nitro groups is 1. The molecule has 5 aromatic rings. The van der Waals surface area contributed by atoms with Gasteiger partial charge in [0.2, 0.25) is 5.88 Å². The average molecular weight is 683 g/mol. The van der Waals surface area contributed by atoms with E-state index in [0.717, 1.165) is 11.1 Å². The van der Waals surface area contributed by atoms with Crippen LogP contribution in [0.2, 0.25) is 0 Å². The molecule has 2 aromatic carbocycles. The van der Waals surface area contributed by atoms with Crippen molar-refractivity contribution in [3.63, 3.8) is 0 Å². The largest absolute Gasteiger partial charge is 0.471 e. The third-order valence-electron chi connectivity index (χ3n) is 9.71. The minimum Gasteiger partial charge on any atom is -0.471 e. The van der Waals surface area contributed by atoms with Crippen molar-refractivity contribution in [3.8, 4) is 17.7 Å². The highest BCUT2D eigenvalue weighted by Crippen LogP contribution is 2.41. The van der Waals surface area contributed by atoms with Crippen molar-refractivity contribution in [2.45, 2.75) is 50.6 Å². The summed E-state index contributed by atoms with van der Waals surface area (Å²) in [6.07, 6.45) is -3.53. The van der Waals surface area contributed by atoms with Crippen LogP contribution < -0.4 is 14.5 Å². The second kappa shape index (κ2) is 12.5. The fourth-order valence-electron chi connectivity index (χ4n) is 6.89. The van der Waals surface area contributed by atoms with Crippen LogP contribution in [0.1, 0.15) is 42.3 Å². The molecule has 256 valence electrons. The Morgan fingerprint density at radius 1 is 1.10 bits per heavy atom. The molecule has 0 aliphatic carbocycles. The van der Waals surface area contributed by atoms with E-state index in [0.29, 0.717) is 48.6 Å². The lowest BCUT2D eigenvalue weighted by Gasteiger charge is -2.53. The molecule has 14 heteroatoms. The minimum absolute atomic E-state index is 0.0378. The zero-order chi connectivity index (χ0) is 34.6. The average Bonchev–Trinajstić information content (AvgIpc) is 3.69. The lowest BCUT2D eigenvalue weighted by atomic mass is 9.90. The second-order valence-corrected chi connectivity index (χ2v) is 12.8. The van der Waals surface area contributed by atoms with Crippen molar-refractivity contribution >= 4 is 33.6 Å². The number of fused-ring (bicyclic) bond motifs is 3. The number of para-hydroxylation sites is 1. The maximum Gasteiger partial charge on any atom is 0.297 e. The second-order valence-electron chi connectivity index (χ2n) is 12.8. The molecular formula is C36H32F2N6O6. The van der Waals surface area contributed by atoms with Crippen molar-refractivity contribution in [1.82, 2.24) is 15.0 Å². The van der Waals surface area contributed by atoms with E-state index in [1.807, 2.05) is 37.3 Å². The first-order chi connectivity index (χ1) is 24.2. The third-order valence-corrected chi connectivity index (χ3v) is 9.71. The molecule has 0 radical (unpaired) electrons. The summed E-state index contributed by atoms with van der Waals surface area (Å²) in [6.45, 7) is 5.94. The number of pyridine rings is 1. The summed E-state index contributed by atoms with van der Waals surface area (Å²) in [6, 6.07) is 16.5. The molecule has 0 unspecified atom stereocenters. The van der Waals surface area contributed by atoms with Crippen LogP contribution in [0, 0.1) is 28.9 Å². The van der Waals surface area contributed by atoms with Gasteiger partial charge in [-0.1, -0.05) is 42.2 Å². The SMILES string of the molecule is Cc1ccccc1C#Cc1cnc(O[C@H]2C[C@@H]([N+](=O)[O-])N(c3nc(C(F)F)nc4c3oc3ccccc34)C2)c(N2CCOC3(COC3)[C@@H]2C)c1. The van der Waals surface area contributed by atoms with E-state index in [1.54, 1.807) is 30.5 Å². The zero-order valence-corrected chi connectivity index (χ0v) is 27.2. The van der Waals surface area contributed by atoms with Crippen molar-refractivity contribution in [2.75, 3.05) is 42.7 Å². The van der Waals surface area contributed by atoms with Crippen LogP contribution in [-0.4, -0.2) is 76.7 Å². The van der Waals surface area contributed by atoms with Gasteiger partial charge in [0.1, 0.15) is 28.5 Å². The molecule has 0 saturated carbocycles. The van der Waals surface area contributed by atoms with E-state index in [4.69, 9.17) is 23.6 Å². The summed E-state index contributed by atoms with van der Waals surface area (Å²) in [5.74, 6) is 5.90. The number of hydrogen-bond acceptors (Lipinski definition) is 11. The summed E-state index contributed by atoms with van der Waals surface area (Å²) in [5, 5.41) is 13.0. The Kier molecular flexibility index (Phi) is 7.96. The summed E-state index contributed by atoms with van der Waals surface area (Å²) >= 11 is 0. The first-order valence-corrected chi connectivity index (χ1v) is 16.3. The predicted octanol–water partition coefficient (Wildman–Crippen LogP) is 5.67. The quantitative estimate of drug-likeness (QED) is 0.125. The summed E-state index contributed by atoms with van der Waals surface area (Å²) in [4.78, 5) is 28.3. The van der Waals surface area contributed by atoms with Crippen LogP contribution in [0.15, 0.2) is 65.2 Å². The highest BCUT2D eigenvalue weighted by Gasteiger charge is 2.50. The van der Waals surface area contributed by atoms with Gasteiger partial charge in [0.05, 0.1) is 38.8 Å². The van der Waals surface area contributed by atoms with Gasteiger partial charge < -0.3 is 23.5 Å². The van der Waals surface area contributed by atoms with E-state index in [9.17, 15) is 18.9 Å². The topological polar surface area (TPSA) is 129 Å². The number of aryl methyl sites for hydroxylation is 1. The monoisotopic (exact) mass is 682 g/mol. The Bertz CT molecular complexity index is 2180. The zero-order valence-electron chi connectivity index (χ0n) is 27.2. The fraction of sp³-hybridized carbons (Fsp3) is 0.361. The molecule has 3 aromatic heterocycles. The van der Waals surface area contributed by atoms with E-state index < -0.39 is 35.0 Å². The standard InChI is InChI=1S/C36H32F2N6O6/c1-21-7-3-4-8-24(21)12-11-23-15-27(42-13-14-48-36(22(42)2)19-47-20-36)35(39-17-23)49-25-16-29(44(45)46)43(18-25)34-31-30(40-33(41-34)32(37)38)26-9-5-6-10-28(26)50-31/h3-10,15,17,22,25,29,32H,13-14,16,18-20H2,1-2H3/t22-,25-,29+/m0/s1. The maximum atomic E-state index is 14.1. The molecule has 12 nitrogen and oxygen atoms in total. The smallest absolute Gasteiger partial charge is 0.297 e. The number of furan rings is 1. The Balaban J connectivity index is 1.16. The van der Waals surface area contributed by atoms with E-state index in [-0.39, 0.29) is 41.8 Å². The first kappa shape index (κ1) is 31.9. The molecule has 50 heavy (non-hydrogen) atoms. The summed E-state index contributed by atoms with van der Waals surface area (Å²) in [5.41, 5.74) is 3.46. The van der Waals surface area contributed by atoms with Crippen molar-refractivity contribution in [3.05, 3.63) is 93.4 Å². The molecule has 8 rings (SSSR count). The van der Waals surface area contributed by atoms with E-state index >= 15 is 0 Å². The number of alkyl halides is 2. The molecule has 3 fully saturated rings. The lowest BCUT2D eigenvalue weighted by Crippen LogP contribution is -2.68. The van der Waals surface area contributed by atoms with Crippen molar-refractivity contribution < 1.29 is 32.3 Å². The Morgan fingerprint density at radius 2 is 1.90 bits per heavy atom. The van der Waals surface area contributed by atoms with Gasteiger partial charge in [-0.2, -0.15) is 0 Å². The van der Waals surface area contributed by atoms with Crippen LogP contribution >= 0.6 is 0 Å². The van der Waals surface area contributed by atoms with E-state index in [1.165, 1.54) is 4.90 Å². The summed E-state index contributed by atoms with van der Waals surface area (Å²) < 4.78 is 52.3. The maximum absolute atomic E-state index is 14.1. The molecule has 0 bridgehead atoms. The van der Waals surface area contributed by atoms with Gasteiger partial charge in [0.25, 0.3) is 12.6 Å². The molecule has 1 spiro atoms. The van der Waals surface area contributed by atoms with Gasteiger partial charge in [0.15, 0.2) is 17.2 Å². The number of benzene rings is 2. The van der Waals surface area contributed by atoms with Crippen molar-refractivity contribution in [2.24, 2.45) is 0 Å².